The monoisotopic (exact) mass is 322 g/mol. The smallest absolute Gasteiger partial charge is 0.0541 e. The van der Waals surface area contributed by atoms with E-state index in [1.807, 2.05) is 0 Å². The molecule has 1 aliphatic heterocycles. The van der Waals surface area contributed by atoms with E-state index in [9.17, 15) is 0 Å². The van der Waals surface area contributed by atoms with Crippen molar-refractivity contribution in [2.75, 3.05) is 18.0 Å². The Morgan fingerprint density at radius 2 is 1.95 bits per heavy atom. The lowest BCUT2D eigenvalue weighted by Gasteiger charge is -2.36. The Hall–Kier alpha value is -0.540. The number of halogens is 1. The van der Waals surface area contributed by atoms with Gasteiger partial charge >= 0.3 is 0 Å². The Kier molecular flexibility index (Phi) is 3.86. The van der Waals surface area contributed by atoms with Crippen molar-refractivity contribution >= 4 is 21.6 Å². The minimum Gasteiger partial charge on any atom is -0.369 e. The molecule has 3 rings (SSSR count). The number of hydrogen-bond donors (Lipinski definition) is 1. The van der Waals surface area contributed by atoms with Gasteiger partial charge in [-0.2, -0.15) is 0 Å². The molecule has 0 spiro atoms. The highest BCUT2D eigenvalue weighted by atomic mass is 79.9. The molecule has 1 aromatic carbocycles. The third-order valence-corrected chi connectivity index (χ3v) is 4.79. The first kappa shape index (κ1) is 13.4. The fraction of sp³-hybridized carbons (Fsp3) is 0.625. The lowest BCUT2D eigenvalue weighted by Crippen LogP contribution is -2.46. The fourth-order valence-corrected chi connectivity index (χ4v) is 4.13. The molecule has 1 saturated carbocycles. The summed E-state index contributed by atoms with van der Waals surface area (Å²) in [6, 6.07) is 6.01. The van der Waals surface area contributed by atoms with Gasteiger partial charge in [0, 0.05) is 29.6 Å². The van der Waals surface area contributed by atoms with Crippen LogP contribution in [-0.2, 0) is 0 Å². The maximum absolute atomic E-state index is 3.79. The molecule has 2 fully saturated rings. The molecule has 1 saturated heterocycles. The average molecular weight is 323 g/mol. The number of hydrogen-bond acceptors (Lipinski definition) is 2. The normalized spacial score (nSPS) is 23.7. The number of anilines is 1. The number of rotatable bonds is 3. The molecule has 0 radical (unpaired) electrons. The molecule has 2 aliphatic rings. The Morgan fingerprint density at radius 3 is 2.63 bits per heavy atom. The summed E-state index contributed by atoms with van der Waals surface area (Å²) in [7, 11) is 0. The second-order valence-electron chi connectivity index (χ2n) is 6.14. The number of piperidine rings is 1. The van der Waals surface area contributed by atoms with E-state index in [2.05, 4.69) is 52.1 Å². The van der Waals surface area contributed by atoms with E-state index in [0.717, 1.165) is 12.6 Å². The van der Waals surface area contributed by atoms with E-state index in [1.165, 1.54) is 53.5 Å². The molecule has 1 N–H and O–H groups in total. The van der Waals surface area contributed by atoms with E-state index in [0.29, 0.717) is 6.04 Å². The summed E-state index contributed by atoms with van der Waals surface area (Å²) in [5.74, 6) is 0. The van der Waals surface area contributed by atoms with Crippen molar-refractivity contribution in [3.8, 4) is 0 Å². The summed E-state index contributed by atoms with van der Waals surface area (Å²) in [6.45, 7) is 6.73. The standard InChI is InChI=1S/C16H23BrN2/c1-11-8-12(2)16(15(17)9-11)19-7-3-4-14(10-19)18-13-5-6-13/h8-9,13-14,18H,3-7,10H2,1-2H3. The van der Waals surface area contributed by atoms with Gasteiger partial charge in [0.05, 0.1) is 5.69 Å². The van der Waals surface area contributed by atoms with E-state index in [-0.39, 0.29) is 0 Å². The SMILES string of the molecule is Cc1cc(C)c(N2CCCC(NC3CC3)C2)c(Br)c1. The van der Waals surface area contributed by atoms with Gasteiger partial charge in [-0.05, 0) is 72.7 Å². The molecule has 0 bridgehead atoms. The van der Waals surface area contributed by atoms with Crippen LogP contribution in [-0.4, -0.2) is 25.2 Å². The Balaban J connectivity index is 1.77. The van der Waals surface area contributed by atoms with E-state index >= 15 is 0 Å². The maximum Gasteiger partial charge on any atom is 0.0541 e. The minimum absolute atomic E-state index is 0.675. The molecule has 2 nitrogen and oxygen atoms in total. The zero-order valence-corrected chi connectivity index (χ0v) is 13.5. The predicted molar refractivity (Wildman–Crippen MR) is 85.0 cm³/mol. The Bertz CT molecular complexity index is 445. The largest absolute Gasteiger partial charge is 0.369 e. The summed E-state index contributed by atoms with van der Waals surface area (Å²) in [4.78, 5) is 2.56. The molecule has 1 aromatic rings. The first-order valence-electron chi connectivity index (χ1n) is 7.41. The average Bonchev–Trinajstić information content (AvgIpc) is 3.12. The summed E-state index contributed by atoms with van der Waals surface area (Å²) in [6.07, 6.45) is 5.38. The van der Waals surface area contributed by atoms with Gasteiger partial charge in [-0.25, -0.2) is 0 Å². The molecule has 0 amide bonds. The zero-order chi connectivity index (χ0) is 13.4. The molecule has 19 heavy (non-hydrogen) atoms. The lowest BCUT2D eigenvalue weighted by molar-refractivity contribution is 0.420. The fourth-order valence-electron chi connectivity index (χ4n) is 3.21. The van der Waals surface area contributed by atoms with Crippen molar-refractivity contribution in [2.45, 2.75) is 51.6 Å². The van der Waals surface area contributed by atoms with Crippen LogP contribution in [0.15, 0.2) is 16.6 Å². The van der Waals surface area contributed by atoms with Crippen LogP contribution in [0.2, 0.25) is 0 Å². The highest BCUT2D eigenvalue weighted by Crippen LogP contribution is 2.33. The van der Waals surface area contributed by atoms with Gasteiger partial charge in [0.2, 0.25) is 0 Å². The van der Waals surface area contributed by atoms with Crippen LogP contribution < -0.4 is 10.2 Å². The second-order valence-corrected chi connectivity index (χ2v) is 6.99. The predicted octanol–water partition coefficient (Wildman–Crippen LogP) is 3.79. The van der Waals surface area contributed by atoms with Gasteiger partial charge in [-0.15, -0.1) is 0 Å². The van der Waals surface area contributed by atoms with Crippen LogP contribution in [0.5, 0.6) is 0 Å². The van der Waals surface area contributed by atoms with Crippen LogP contribution >= 0.6 is 15.9 Å². The molecule has 1 heterocycles. The third kappa shape index (κ3) is 3.14. The van der Waals surface area contributed by atoms with Crippen molar-refractivity contribution in [1.82, 2.24) is 5.32 Å². The molecular formula is C16H23BrN2. The van der Waals surface area contributed by atoms with Gasteiger partial charge in [0.15, 0.2) is 0 Å². The molecular weight excluding hydrogens is 300 g/mol. The van der Waals surface area contributed by atoms with Crippen molar-refractivity contribution < 1.29 is 0 Å². The molecule has 1 aliphatic carbocycles. The van der Waals surface area contributed by atoms with Crippen molar-refractivity contribution in [3.63, 3.8) is 0 Å². The number of nitrogens with one attached hydrogen (secondary N) is 1. The maximum atomic E-state index is 3.79. The third-order valence-electron chi connectivity index (χ3n) is 4.18. The van der Waals surface area contributed by atoms with Crippen molar-refractivity contribution in [3.05, 3.63) is 27.7 Å². The highest BCUT2D eigenvalue weighted by molar-refractivity contribution is 9.10. The highest BCUT2D eigenvalue weighted by Gasteiger charge is 2.28. The number of benzene rings is 1. The minimum atomic E-state index is 0.675. The number of nitrogens with zero attached hydrogens (tertiary/aromatic N) is 1. The van der Waals surface area contributed by atoms with Crippen LogP contribution in [0.3, 0.4) is 0 Å². The second kappa shape index (κ2) is 5.45. The topological polar surface area (TPSA) is 15.3 Å². The summed E-state index contributed by atoms with van der Waals surface area (Å²) in [5.41, 5.74) is 4.12. The summed E-state index contributed by atoms with van der Waals surface area (Å²) >= 11 is 3.75. The number of aryl methyl sites for hydroxylation is 2. The van der Waals surface area contributed by atoms with Crippen LogP contribution in [0.4, 0.5) is 5.69 Å². The molecule has 104 valence electrons. The van der Waals surface area contributed by atoms with E-state index < -0.39 is 0 Å². The van der Waals surface area contributed by atoms with Crippen LogP contribution in [0.25, 0.3) is 0 Å². The Labute approximate surface area is 124 Å². The van der Waals surface area contributed by atoms with Crippen molar-refractivity contribution in [2.24, 2.45) is 0 Å². The van der Waals surface area contributed by atoms with Crippen LogP contribution in [0, 0.1) is 13.8 Å². The summed E-state index contributed by atoms with van der Waals surface area (Å²) < 4.78 is 1.25. The van der Waals surface area contributed by atoms with Gasteiger partial charge in [0.1, 0.15) is 0 Å². The lowest BCUT2D eigenvalue weighted by atomic mass is 10.0. The molecule has 3 heteroatoms. The van der Waals surface area contributed by atoms with E-state index in [1.54, 1.807) is 0 Å². The first-order chi connectivity index (χ1) is 9.13. The van der Waals surface area contributed by atoms with E-state index in [4.69, 9.17) is 0 Å². The summed E-state index contributed by atoms with van der Waals surface area (Å²) in [5, 5.41) is 3.79. The molecule has 1 unspecified atom stereocenters. The van der Waals surface area contributed by atoms with Crippen molar-refractivity contribution in [1.29, 1.82) is 0 Å². The Morgan fingerprint density at radius 1 is 1.16 bits per heavy atom. The zero-order valence-electron chi connectivity index (χ0n) is 11.9. The molecule has 0 aromatic heterocycles. The quantitative estimate of drug-likeness (QED) is 0.910. The van der Waals surface area contributed by atoms with Gasteiger partial charge in [0.25, 0.3) is 0 Å². The molecule has 1 atom stereocenters. The first-order valence-corrected chi connectivity index (χ1v) is 8.20. The van der Waals surface area contributed by atoms with Gasteiger partial charge < -0.3 is 10.2 Å². The van der Waals surface area contributed by atoms with Gasteiger partial charge in [-0.3, -0.25) is 0 Å². The van der Waals surface area contributed by atoms with Gasteiger partial charge in [-0.1, -0.05) is 6.07 Å². The van der Waals surface area contributed by atoms with Crippen LogP contribution in [0.1, 0.15) is 36.8 Å².